The molecular formula is C10H14OS. The highest BCUT2D eigenvalue weighted by molar-refractivity contribution is 7.07. The summed E-state index contributed by atoms with van der Waals surface area (Å²) in [6.07, 6.45) is 4.37. The van der Waals surface area contributed by atoms with Crippen molar-refractivity contribution in [1.29, 1.82) is 0 Å². The van der Waals surface area contributed by atoms with E-state index in [-0.39, 0.29) is 6.10 Å². The molecule has 1 aliphatic carbocycles. The van der Waals surface area contributed by atoms with Crippen LogP contribution in [0.3, 0.4) is 0 Å². The molecule has 2 atom stereocenters. The highest BCUT2D eigenvalue weighted by Gasteiger charge is 2.22. The molecule has 1 heterocycles. The average molecular weight is 182 g/mol. The Hall–Kier alpha value is -0.340. The van der Waals surface area contributed by atoms with Crippen LogP contribution in [-0.4, -0.2) is 11.2 Å². The van der Waals surface area contributed by atoms with Crippen molar-refractivity contribution >= 4 is 11.3 Å². The molecule has 0 radical (unpaired) electrons. The van der Waals surface area contributed by atoms with Gasteiger partial charge in [-0.3, -0.25) is 0 Å². The first-order valence-corrected chi connectivity index (χ1v) is 5.48. The summed E-state index contributed by atoms with van der Waals surface area (Å²) in [6.45, 7) is 0. The van der Waals surface area contributed by atoms with Gasteiger partial charge in [0, 0.05) is 0 Å². The molecule has 0 amide bonds. The molecule has 0 saturated heterocycles. The first-order chi connectivity index (χ1) is 5.84. The molecule has 1 fully saturated rings. The largest absolute Gasteiger partial charge is 0.393 e. The van der Waals surface area contributed by atoms with Crippen LogP contribution < -0.4 is 0 Å². The van der Waals surface area contributed by atoms with Gasteiger partial charge in [-0.05, 0) is 54.0 Å². The van der Waals surface area contributed by atoms with E-state index in [2.05, 4.69) is 16.8 Å². The Morgan fingerprint density at radius 2 is 2.42 bits per heavy atom. The average Bonchev–Trinajstić information content (AvgIpc) is 2.63. The third-order valence-corrected chi connectivity index (χ3v) is 3.35. The molecule has 1 aliphatic rings. The molecule has 0 spiro atoms. The molecule has 1 nitrogen and oxygen atoms in total. The fourth-order valence-corrected chi connectivity index (χ4v) is 2.66. The van der Waals surface area contributed by atoms with Gasteiger partial charge in [-0.2, -0.15) is 11.3 Å². The van der Waals surface area contributed by atoms with Crippen molar-refractivity contribution in [3.63, 3.8) is 0 Å². The van der Waals surface area contributed by atoms with Gasteiger partial charge in [0.15, 0.2) is 0 Å². The molecular weight excluding hydrogens is 168 g/mol. The lowest BCUT2D eigenvalue weighted by molar-refractivity contribution is 0.177. The Balaban J connectivity index is 1.88. The Labute approximate surface area is 77.0 Å². The predicted octanol–water partition coefficient (Wildman–Crippen LogP) is 2.45. The summed E-state index contributed by atoms with van der Waals surface area (Å²) in [4.78, 5) is 0. The standard InChI is InChI=1S/C10H14OS/c11-10-2-1-8(6-10)5-9-3-4-12-7-9/h3-4,7-8,10-11H,1-2,5-6H2. The predicted molar refractivity (Wildman–Crippen MR) is 51.4 cm³/mol. The molecule has 2 heteroatoms. The Kier molecular flexibility index (Phi) is 2.47. The van der Waals surface area contributed by atoms with E-state index < -0.39 is 0 Å². The summed E-state index contributed by atoms with van der Waals surface area (Å²) >= 11 is 1.76. The quantitative estimate of drug-likeness (QED) is 0.745. The zero-order valence-electron chi connectivity index (χ0n) is 7.07. The van der Waals surface area contributed by atoms with E-state index in [9.17, 15) is 5.11 Å². The van der Waals surface area contributed by atoms with Crippen molar-refractivity contribution in [2.45, 2.75) is 31.8 Å². The SMILES string of the molecule is OC1CCC(Cc2ccsc2)C1. The normalized spacial score (nSPS) is 29.4. The molecule has 1 aromatic rings. The molecule has 0 aromatic carbocycles. The lowest BCUT2D eigenvalue weighted by atomic mass is 10.0. The van der Waals surface area contributed by atoms with E-state index in [1.54, 1.807) is 11.3 Å². The molecule has 2 rings (SSSR count). The second-order valence-electron chi connectivity index (χ2n) is 3.67. The van der Waals surface area contributed by atoms with Crippen molar-refractivity contribution in [3.05, 3.63) is 22.4 Å². The Morgan fingerprint density at radius 3 is 3.00 bits per heavy atom. The minimum atomic E-state index is -0.0198. The first kappa shape index (κ1) is 8.27. The molecule has 0 bridgehead atoms. The maximum Gasteiger partial charge on any atom is 0.0543 e. The van der Waals surface area contributed by atoms with Gasteiger partial charge in [0.1, 0.15) is 0 Å². The van der Waals surface area contributed by atoms with Crippen molar-refractivity contribution < 1.29 is 5.11 Å². The molecule has 66 valence electrons. The fourth-order valence-electron chi connectivity index (χ4n) is 1.98. The van der Waals surface area contributed by atoms with E-state index >= 15 is 0 Å². The van der Waals surface area contributed by atoms with Crippen molar-refractivity contribution in [2.24, 2.45) is 5.92 Å². The fraction of sp³-hybridized carbons (Fsp3) is 0.600. The smallest absolute Gasteiger partial charge is 0.0543 e. The van der Waals surface area contributed by atoms with Crippen molar-refractivity contribution in [1.82, 2.24) is 0 Å². The van der Waals surface area contributed by atoms with Crippen LogP contribution in [0, 0.1) is 5.92 Å². The number of hydrogen-bond donors (Lipinski definition) is 1. The van der Waals surface area contributed by atoms with Crippen LogP contribution in [0.1, 0.15) is 24.8 Å². The number of hydrogen-bond acceptors (Lipinski definition) is 2. The lowest BCUT2D eigenvalue weighted by Crippen LogP contribution is -2.02. The van der Waals surface area contributed by atoms with Crippen LogP contribution in [0.25, 0.3) is 0 Å². The van der Waals surface area contributed by atoms with E-state index in [0.717, 1.165) is 18.8 Å². The van der Waals surface area contributed by atoms with Crippen LogP contribution in [0.5, 0.6) is 0 Å². The third kappa shape index (κ3) is 1.87. The van der Waals surface area contributed by atoms with E-state index in [1.165, 1.54) is 18.4 Å². The summed E-state index contributed by atoms with van der Waals surface area (Å²) in [5.41, 5.74) is 1.44. The van der Waals surface area contributed by atoms with Gasteiger partial charge in [-0.25, -0.2) is 0 Å². The Morgan fingerprint density at radius 1 is 1.50 bits per heavy atom. The van der Waals surface area contributed by atoms with Crippen LogP contribution in [0.2, 0.25) is 0 Å². The number of aliphatic hydroxyl groups is 1. The van der Waals surface area contributed by atoms with Gasteiger partial charge in [0.05, 0.1) is 6.10 Å². The van der Waals surface area contributed by atoms with E-state index in [1.807, 2.05) is 0 Å². The summed E-state index contributed by atoms with van der Waals surface area (Å²) in [6, 6.07) is 2.19. The minimum absolute atomic E-state index is 0.0198. The van der Waals surface area contributed by atoms with E-state index in [0.29, 0.717) is 0 Å². The summed E-state index contributed by atoms with van der Waals surface area (Å²) in [5.74, 6) is 0.731. The number of thiophene rings is 1. The summed E-state index contributed by atoms with van der Waals surface area (Å²) in [7, 11) is 0. The van der Waals surface area contributed by atoms with Crippen LogP contribution in [-0.2, 0) is 6.42 Å². The second-order valence-corrected chi connectivity index (χ2v) is 4.45. The maximum atomic E-state index is 9.33. The molecule has 2 unspecified atom stereocenters. The molecule has 12 heavy (non-hydrogen) atoms. The topological polar surface area (TPSA) is 20.2 Å². The van der Waals surface area contributed by atoms with Gasteiger partial charge >= 0.3 is 0 Å². The summed E-state index contributed by atoms with van der Waals surface area (Å²) in [5, 5.41) is 13.7. The summed E-state index contributed by atoms with van der Waals surface area (Å²) < 4.78 is 0. The maximum absolute atomic E-state index is 9.33. The van der Waals surface area contributed by atoms with Crippen molar-refractivity contribution in [3.8, 4) is 0 Å². The van der Waals surface area contributed by atoms with Gasteiger partial charge in [0.25, 0.3) is 0 Å². The van der Waals surface area contributed by atoms with Crippen LogP contribution >= 0.6 is 11.3 Å². The molecule has 1 aromatic heterocycles. The van der Waals surface area contributed by atoms with Gasteiger partial charge in [-0.15, -0.1) is 0 Å². The highest BCUT2D eigenvalue weighted by Crippen LogP contribution is 2.28. The first-order valence-electron chi connectivity index (χ1n) is 4.54. The third-order valence-electron chi connectivity index (χ3n) is 2.62. The van der Waals surface area contributed by atoms with Crippen molar-refractivity contribution in [2.75, 3.05) is 0 Å². The molecule has 1 N–H and O–H groups in total. The van der Waals surface area contributed by atoms with Gasteiger partial charge in [-0.1, -0.05) is 0 Å². The monoisotopic (exact) mass is 182 g/mol. The number of rotatable bonds is 2. The van der Waals surface area contributed by atoms with E-state index in [4.69, 9.17) is 0 Å². The second kappa shape index (κ2) is 3.58. The van der Waals surface area contributed by atoms with Crippen LogP contribution in [0.15, 0.2) is 16.8 Å². The van der Waals surface area contributed by atoms with Gasteiger partial charge < -0.3 is 5.11 Å². The highest BCUT2D eigenvalue weighted by atomic mass is 32.1. The molecule has 0 aliphatic heterocycles. The zero-order chi connectivity index (χ0) is 8.39. The number of aliphatic hydroxyl groups excluding tert-OH is 1. The lowest BCUT2D eigenvalue weighted by Gasteiger charge is -2.06. The zero-order valence-corrected chi connectivity index (χ0v) is 7.89. The molecule has 1 saturated carbocycles. The van der Waals surface area contributed by atoms with Crippen LogP contribution in [0.4, 0.5) is 0 Å². The Bertz CT molecular complexity index is 230. The minimum Gasteiger partial charge on any atom is -0.393 e. The van der Waals surface area contributed by atoms with Gasteiger partial charge in [0.2, 0.25) is 0 Å².